The van der Waals surface area contributed by atoms with Gasteiger partial charge >= 0.3 is 5.95 Å². The number of nitrogens with zero attached hydrogens (tertiary/aromatic N) is 4. The minimum Gasteiger partial charge on any atom is -0.491 e. The molecule has 0 saturated heterocycles. The summed E-state index contributed by atoms with van der Waals surface area (Å²) in [4.78, 5) is 13.1. The second-order valence-corrected chi connectivity index (χ2v) is 3.94. The first kappa shape index (κ1) is 13.9. The van der Waals surface area contributed by atoms with Crippen LogP contribution in [0, 0.1) is 15.9 Å². The molecule has 106 valence electrons. The number of rotatable bonds is 6. The monoisotopic (exact) mass is 282 g/mol. The number of hydrogen-bond donors (Lipinski definition) is 1. The van der Waals surface area contributed by atoms with Crippen LogP contribution in [0.3, 0.4) is 0 Å². The zero-order valence-corrected chi connectivity index (χ0v) is 10.2. The van der Waals surface area contributed by atoms with Crippen molar-refractivity contribution in [3.8, 4) is 5.75 Å². The fourth-order valence-electron chi connectivity index (χ4n) is 1.45. The number of hydrogen-bond acceptors (Lipinski definition) is 6. The highest BCUT2D eigenvalue weighted by Gasteiger charge is 2.16. The summed E-state index contributed by atoms with van der Waals surface area (Å²) in [5.74, 6) is -0.500. The van der Waals surface area contributed by atoms with Gasteiger partial charge in [-0.1, -0.05) is 4.98 Å². The van der Waals surface area contributed by atoms with Crippen LogP contribution in [-0.2, 0) is 6.54 Å². The molecule has 0 saturated carbocycles. The molecule has 1 atom stereocenters. The number of ether oxygens (including phenoxy) is 1. The Balaban J connectivity index is 1.84. The van der Waals surface area contributed by atoms with Gasteiger partial charge in [0, 0.05) is 5.10 Å². The third kappa shape index (κ3) is 3.72. The van der Waals surface area contributed by atoms with Crippen LogP contribution in [0.5, 0.6) is 5.75 Å². The summed E-state index contributed by atoms with van der Waals surface area (Å²) in [5.41, 5.74) is 0. The summed E-state index contributed by atoms with van der Waals surface area (Å²) < 4.78 is 19.0. The van der Waals surface area contributed by atoms with E-state index in [1.165, 1.54) is 24.3 Å². The van der Waals surface area contributed by atoms with Gasteiger partial charge < -0.3 is 20.0 Å². The van der Waals surface area contributed by atoms with E-state index >= 15 is 0 Å². The molecule has 0 radical (unpaired) electrons. The Morgan fingerprint density at radius 1 is 1.45 bits per heavy atom. The number of aliphatic hydroxyl groups is 1. The molecule has 1 N–H and O–H groups in total. The molecule has 0 amide bonds. The third-order valence-electron chi connectivity index (χ3n) is 2.34. The second-order valence-electron chi connectivity index (χ2n) is 3.94. The van der Waals surface area contributed by atoms with Crippen LogP contribution in [0.4, 0.5) is 10.3 Å². The van der Waals surface area contributed by atoms with Crippen molar-refractivity contribution in [3.05, 3.63) is 46.5 Å². The summed E-state index contributed by atoms with van der Waals surface area (Å²) in [6.07, 6.45) is 0.223. The van der Waals surface area contributed by atoms with Crippen molar-refractivity contribution < 1.29 is 19.2 Å². The van der Waals surface area contributed by atoms with E-state index in [1.54, 1.807) is 0 Å². The van der Waals surface area contributed by atoms with E-state index in [0.717, 1.165) is 11.0 Å². The number of aromatic nitrogens is 3. The quantitative estimate of drug-likeness (QED) is 0.620. The van der Waals surface area contributed by atoms with Crippen LogP contribution in [0.25, 0.3) is 0 Å². The highest BCUT2D eigenvalue weighted by Crippen LogP contribution is 2.11. The highest BCUT2D eigenvalue weighted by atomic mass is 19.1. The summed E-state index contributed by atoms with van der Waals surface area (Å²) in [6.45, 7) is -0.0542. The molecule has 1 heterocycles. The third-order valence-corrected chi connectivity index (χ3v) is 2.34. The van der Waals surface area contributed by atoms with Crippen LogP contribution in [0.15, 0.2) is 30.6 Å². The molecule has 0 fully saturated rings. The lowest BCUT2D eigenvalue weighted by Crippen LogP contribution is -2.23. The smallest absolute Gasteiger partial charge is 0.490 e. The number of benzene rings is 1. The Labute approximate surface area is 112 Å². The Morgan fingerprint density at radius 2 is 2.15 bits per heavy atom. The Hall–Kier alpha value is -2.55. The van der Waals surface area contributed by atoms with Crippen LogP contribution < -0.4 is 4.74 Å². The van der Waals surface area contributed by atoms with E-state index in [1.807, 2.05) is 0 Å². The minimum absolute atomic E-state index is 0.00202. The van der Waals surface area contributed by atoms with Crippen molar-refractivity contribution in [1.82, 2.24) is 14.8 Å². The SMILES string of the molecule is O=[N+]([O-])c1ncn(CC(O)COc2ccc(F)cc2)n1. The Morgan fingerprint density at radius 3 is 2.75 bits per heavy atom. The predicted octanol–water partition coefficient (Wildman–Crippen LogP) is 0.765. The number of nitro groups is 1. The van der Waals surface area contributed by atoms with E-state index in [-0.39, 0.29) is 19.0 Å². The van der Waals surface area contributed by atoms with E-state index in [9.17, 15) is 19.6 Å². The normalized spacial score (nSPS) is 12.1. The molecule has 0 aliphatic heterocycles. The van der Waals surface area contributed by atoms with Gasteiger partial charge in [-0.2, -0.15) is 4.68 Å². The summed E-state index contributed by atoms with van der Waals surface area (Å²) in [7, 11) is 0. The first-order valence-electron chi connectivity index (χ1n) is 5.65. The van der Waals surface area contributed by atoms with Crippen molar-refractivity contribution in [3.63, 3.8) is 0 Å². The molecule has 2 aromatic rings. The van der Waals surface area contributed by atoms with Crippen molar-refractivity contribution in [1.29, 1.82) is 0 Å². The molecule has 2 rings (SSSR count). The molecule has 8 nitrogen and oxygen atoms in total. The maximum atomic E-state index is 12.7. The zero-order valence-electron chi connectivity index (χ0n) is 10.2. The fraction of sp³-hybridized carbons (Fsp3) is 0.273. The summed E-state index contributed by atoms with van der Waals surface area (Å²) in [6, 6.07) is 5.34. The maximum Gasteiger partial charge on any atom is 0.490 e. The lowest BCUT2D eigenvalue weighted by atomic mass is 10.3. The molecule has 20 heavy (non-hydrogen) atoms. The number of halogens is 1. The molecular formula is C11H11FN4O4. The van der Waals surface area contributed by atoms with Crippen LogP contribution >= 0.6 is 0 Å². The zero-order chi connectivity index (χ0) is 14.5. The maximum absolute atomic E-state index is 12.7. The Kier molecular flexibility index (Phi) is 4.20. The fourth-order valence-corrected chi connectivity index (χ4v) is 1.45. The van der Waals surface area contributed by atoms with Crippen molar-refractivity contribution >= 4 is 5.95 Å². The van der Waals surface area contributed by atoms with E-state index in [0.29, 0.717) is 5.75 Å². The first-order chi connectivity index (χ1) is 9.54. The highest BCUT2D eigenvalue weighted by molar-refractivity contribution is 5.22. The van der Waals surface area contributed by atoms with Crippen molar-refractivity contribution in [2.75, 3.05) is 6.61 Å². The molecule has 0 spiro atoms. The van der Waals surface area contributed by atoms with Gasteiger partial charge in [-0.25, -0.2) is 4.39 Å². The molecule has 1 aromatic carbocycles. The Bertz CT molecular complexity index is 586. The van der Waals surface area contributed by atoms with Gasteiger partial charge in [0.15, 0.2) is 0 Å². The molecule has 9 heteroatoms. The van der Waals surface area contributed by atoms with Gasteiger partial charge in [0.2, 0.25) is 6.33 Å². The predicted molar refractivity (Wildman–Crippen MR) is 64.6 cm³/mol. The van der Waals surface area contributed by atoms with Gasteiger partial charge in [-0.05, 0) is 29.2 Å². The van der Waals surface area contributed by atoms with Crippen LogP contribution in [0.2, 0.25) is 0 Å². The van der Waals surface area contributed by atoms with Crippen LogP contribution in [-0.4, -0.2) is 37.5 Å². The van der Waals surface area contributed by atoms with Gasteiger partial charge in [0.05, 0.1) is 6.54 Å². The average Bonchev–Trinajstić information content (AvgIpc) is 2.87. The first-order valence-corrected chi connectivity index (χ1v) is 5.65. The van der Waals surface area contributed by atoms with Crippen molar-refractivity contribution in [2.45, 2.75) is 12.6 Å². The van der Waals surface area contributed by atoms with E-state index in [4.69, 9.17) is 4.74 Å². The second kappa shape index (κ2) is 6.06. The van der Waals surface area contributed by atoms with E-state index < -0.39 is 17.0 Å². The average molecular weight is 282 g/mol. The summed E-state index contributed by atoms with van der Waals surface area (Å²) in [5, 5.41) is 23.7. The van der Waals surface area contributed by atoms with Gasteiger partial charge in [-0.3, -0.25) is 0 Å². The molecule has 0 aliphatic carbocycles. The van der Waals surface area contributed by atoms with E-state index in [2.05, 4.69) is 10.1 Å². The molecule has 1 unspecified atom stereocenters. The van der Waals surface area contributed by atoms with Crippen LogP contribution in [0.1, 0.15) is 0 Å². The van der Waals surface area contributed by atoms with Gasteiger partial charge in [0.1, 0.15) is 24.3 Å². The molecule has 1 aromatic heterocycles. The summed E-state index contributed by atoms with van der Waals surface area (Å²) >= 11 is 0. The lowest BCUT2D eigenvalue weighted by Gasteiger charge is -2.10. The molecule has 0 aliphatic rings. The molecule has 0 bridgehead atoms. The minimum atomic E-state index is -0.929. The van der Waals surface area contributed by atoms with Gasteiger partial charge in [-0.15, -0.1) is 0 Å². The largest absolute Gasteiger partial charge is 0.491 e. The van der Waals surface area contributed by atoms with Crippen molar-refractivity contribution in [2.24, 2.45) is 0 Å². The topological polar surface area (TPSA) is 103 Å². The molecular weight excluding hydrogens is 271 g/mol. The standard InChI is InChI=1S/C11H11FN4O4/c12-8-1-3-10(4-2-8)20-6-9(17)5-15-7-13-11(14-15)16(18)19/h1-4,7,9,17H,5-6H2. The lowest BCUT2D eigenvalue weighted by molar-refractivity contribution is -0.394. The van der Waals surface area contributed by atoms with Gasteiger partial charge in [0.25, 0.3) is 0 Å². The number of aliphatic hydroxyl groups excluding tert-OH is 1.